The van der Waals surface area contributed by atoms with E-state index in [-0.39, 0.29) is 5.02 Å². The summed E-state index contributed by atoms with van der Waals surface area (Å²) in [6.45, 7) is 0. The van der Waals surface area contributed by atoms with Gasteiger partial charge in [0.25, 0.3) is 0 Å². The summed E-state index contributed by atoms with van der Waals surface area (Å²) >= 11 is 5.82. The van der Waals surface area contributed by atoms with Crippen molar-refractivity contribution in [1.82, 2.24) is 0 Å². The molecule has 0 aliphatic heterocycles. The predicted molar refractivity (Wildman–Crippen MR) is 63.3 cm³/mol. The van der Waals surface area contributed by atoms with Crippen LogP contribution in [0.1, 0.15) is 10.4 Å². The molecular formula is C13H8ClFO2. The van der Waals surface area contributed by atoms with Crippen LogP contribution in [0, 0.1) is 5.82 Å². The normalized spacial score (nSPS) is 10.0. The second kappa shape index (κ2) is 4.97. The first kappa shape index (κ1) is 11.6. The van der Waals surface area contributed by atoms with E-state index in [2.05, 4.69) is 0 Å². The van der Waals surface area contributed by atoms with Crippen LogP contribution in [0.5, 0.6) is 11.5 Å². The third-order valence-corrected chi connectivity index (χ3v) is 2.43. The van der Waals surface area contributed by atoms with E-state index in [1.165, 1.54) is 18.2 Å². The summed E-state index contributed by atoms with van der Waals surface area (Å²) in [6, 6.07) is 10.4. The third kappa shape index (κ3) is 2.82. The van der Waals surface area contributed by atoms with Gasteiger partial charge in [-0.05, 0) is 42.5 Å². The predicted octanol–water partition coefficient (Wildman–Crippen LogP) is 4.08. The van der Waals surface area contributed by atoms with E-state index in [4.69, 9.17) is 16.3 Å². The average Bonchev–Trinajstić information content (AvgIpc) is 2.34. The number of carbonyl (C=O) groups excluding carboxylic acids is 1. The number of rotatable bonds is 3. The Kier molecular flexibility index (Phi) is 3.40. The largest absolute Gasteiger partial charge is 0.456 e. The molecule has 86 valence electrons. The van der Waals surface area contributed by atoms with Gasteiger partial charge in [0.1, 0.15) is 23.6 Å². The zero-order valence-electron chi connectivity index (χ0n) is 8.69. The lowest BCUT2D eigenvalue weighted by Crippen LogP contribution is -1.87. The van der Waals surface area contributed by atoms with Gasteiger partial charge in [-0.2, -0.15) is 0 Å². The van der Waals surface area contributed by atoms with Crippen molar-refractivity contribution in [1.29, 1.82) is 0 Å². The maximum atomic E-state index is 12.8. The molecule has 0 aliphatic carbocycles. The standard InChI is InChI=1S/C13H8ClFO2/c14-12-7-10(15)3-6-13(12)17-11-4-1-9(8-16)2-5-11/h1-8H. The summed E-state index contributed by atoms with van der Waals surface area (Å²) in [5.41, 5.74) is 0.558. The van der Waals surface area contributed by atoms with E-state index in [9.17, 15) is 9.18 Å². The monoisotopic (exact) mass is 250 g/mol. The molecule has 2 aromatic rings. The summed E-state index contributed by atoms with van der Waals surface area (Å²) in [4.78, 5) is 10.5. The van der Waals surface area contributed by atoms with Gasteiger partial charge in [-0.3, -0.25) is 4.79 Å². The first-order valence-corrected chi connectivity index (χ1v) is 5.25. The fourth-order valence-corrected chi connectivity index (χ4v) is 1.51. The SMILES string of the molecule is O=Cc1ccc(Oc2ccc(F)cc2Cl)cc1. The number of benzene rings is 2. The Morgan fingerprint density at radius 3 is 2.41 bits per heavy atom. The van der Waals surface area contributed by atoms with E-state index in [1.54, 1.807) is 24.3 Å². The minimum absolute atomic E-state index is 0.199. The van der Waals surface area contributed by atoms with Crippen LogP contribution in [0.2, 0.25) is 5.02 Å². The lowest BCUT2D eigenvalue weighted by Gasteiger charge is -2.07. The molecule has 0 bridgehead atoms. The molecule has 4 heteroatoms. The number of carbonyl (C=O) groups is 1. The van der Waals surface area contributed by atoms with Crippen molar-refractivity contribution in [2.24, 2.45) is 0 Å². The molecule has 0 saturated heterocycles. The van der Waals surface area contributed by atoms with Gasteiger partial charge in [-0.15, -0.1) is 0 Å². The fraction of sp³-hybridized carbons (Fsp3) is 0. The van der Waals surface area contributed by atoms with Gasteiger partial charge in [-0.1, -0.05) is 11.6 Å². The number of hydrogen-bond acceptors (Lipinski definition) is 2. The second-order valence-electron chi connectivity index (χ2n) is 3.36. The van der Waals surface area contributed by atoms with E-state index < -0.39 is 5.82 Å². The summed E-state index contributed by atoms with van der Waals surface area (Å²) in [6.07, 6.45) is 0.745. The second-order valence-corrected chi connectivity index (χ2v) is 3.77. The number of ether oxygens (including phenoxy) is 1. The molecule has 0 unspecified atom stereocenters. The number of hydrogen-bond donors (Lipinski definition) is 0. The summed E-state index contributed by atoms with van der Waals surface area (Å²) in [7, 11) is 0. The molecule has 0 radical (unpaired) electrons. The molecule has 0 fully saturated rings. The Balaban J connectivity index is 2.22. The highest BCUT2D eigenvalue weighted by atomic mass is 35.5. The van der Waals surface area contributed by atoms with Gasteiger partial charge in [0, 0.05) is 5.56 Å². The molecular weight excluding hydrogens is 243 g/mol. The van der Waals surface area contributed by atoms with Gasteiger partial charge >= 0.3 is 0 Å². The minimum atomic E-state index is -0.418. The first-order valence-electron chi connectivity index (χ1n) is 4.87. The molecule has 0 aromatic heterocycles. The van der Waals surface area contributed by atoms with Crippen LogP contribution in [-0.4, -0.2) is 6.29 Å². The molecule has 0 amide bonds. The highest BCUT2D eigenvalue weighted by Gasteiger charge is 2.04. The Labute approximate surface area is 103 Å². The zero-order chi connectivity index (χ0) is 12.3. The molecule has 0 atom stereocenters. The van der Waals surface area contributed by atoms with E-state index >= 15 is 0 Å². The molecule has 0 spiro atoms. The maximum absolute atomic E-state index is 12.8. The average molecular weight is 251 g/mol. The van der Waals surface area contributed by atoms with E-state index in [0.29, 0.717) is 17.1 Å². The number of halogens is 2. The highest BCUT2D eigenvalue weighted by molar-refractivity contribution is 6.32. The Bertz CT molecular complexity index is 538. The summed E-state index contributed by atoms with van der Waals surface area (Å²) in [5, 5.41) is 0.199. The first-order chi connectivity index (χ1) is 8.19. The van der Waals surface area contributed by atoms with Crippen LogP contribution in [0.15, 0.2) is 42.5 Å². The molecule has 2 aromatic carbocycles. The van der Waals surface area contributed by atoms with Crippen LogP contribution in [0.4, 0.5) is 4.39 Å². The van der Waals surface area contributed by atoms with Crippen LogP contribution in [0.25, 0.3) is 0 Å². The van der Waals surface area contributed by atoms with Gasteiger partial charge in [0.2, 0.25) is 0 Å². The molecule has 2 nitrogen and oxygen atoms in total. The molecule has 0 heterocycles. The van der Waals surface area contributed by atoms with Crippen molar-refractivity contribution in [2.45, 2.75) is 0 Å². The minimum Gasteiger partial charge on any atom is -0.456 e. The van der Waals surface area contributed by atoms with Gasteiger partial charge in [0.15, 0.2) is 0 Å². The molecule has 2 rings (SSSR count). The smallest absolute Gasteiger partial charge is 0.150 e. The third-order valence-electron chi connectivity index (χ3n) is 2.14. The molecule has 17 heavy (non-hydrogen) atoms. The van der Waals surface area contributed by atoms with Crippen molar-refractivity contribution < 1.29 is 13.9 Å². The maximum Gasteiger partial charge on any atom is 0.150 e. The summed E-state index contributed by atoms with van der Waals surface area (Å²) in [5.74, 6) is 0.481. The summed E-state index contributed by atoms with van der Waals surface area (Å²) < 4.78 is 18.3. The van der Waals surface area contributed by atoms with Crippen LogP contribution in [0.3, 0.4) is 0 Å². The lowest BCUT2D eigenvalue weighted by atomic mass is 10.2. The lowest BCUT2D eigenvalue weighted by molar-refractivity contribution is 0.112. The molecule has 0 N–H and O–H groups in total. The fourth-order valence-electron chi connectivity index (χ4n) is 1.30. The van der Waals surface area contributed by atoms with Crippen LogP contribution >= 0.6 is 11.6 Å². The van der Waals surface area contributed by atoms with Crippen molar-refractivity contribution >= 4 is 17.9 Å². The van der Waals surface area contributed by atoms with Gasteiger partial charge in [0.05, 0.1) is 5.02 Å². The van der Waals surface area contributed by atoms with Crippen LogP contribution in [-0.2, 0) is 0 Å². The Hall–Kier alpha value is -1.87. The Morgan fingerprint density at radius 1 is 1.12 bits per heavy atom. The van der Waals surface area contributed by atoms with Gasteiger partial charge < -0.3 is 4.74 Å². The van der Waals surface area contributed by atoms with E-state index in [1.807, 2.05) is 0 Å². The van der Waals surface area contributed by atoms with E-state index in [0.717, 1.165) is 6.29 Å². The Morgan fingerprint density at radius 2 is 1.82 bits per heavy atom. The zero-order valence-corrected chi connectivity index (χ0v) is 9.45. The van der Waals surface area contributed by atoms with Crippen molar-refractivity contribution in [2.75, 3.05) is 0 Å². The van der Waals surface area contributed by atoms with Gasteiger partial charge in [-0.25, -0.2) is 4.39 Å². The van der Waals surface area contributed by atoms with Crippen LogP contribution < -0.4 is 4.74 Å². The van der Waals surface area contributed by atoms with Crippen molar-refractivity contribution in [3.63, 3.8) is 0 Å². The quantitative estimate of drug-likeness (QED) is 0.767. The molecule has 0 saturated carbocycles. The van der Waals surface area contributed by atoms with Crippen molar-refractivity contribution in [3.05, 3.63) is 58.9 Å². The van der Waals surface area contributed by atoms with Crippen molar-refractivity contribution in [3.8, 4) is 11.5 Å². The number of aldehydes is 1. The molecule has 0 aliphatic rings. The highest BCUT2D eigenvalue weighted by Crippen LogP contribution is 2.29. The topological polar surface area (TPSA) is 26.3 Å².